The van der Waals surface area contributed by atoms with Crippen molar-refractivity contribution in [3.8, 4) is 5.75 Å². The molecule has 90 valence electrons. The Hall–Kier alpha value is -0.530. The van der Waals surface area contributed by atoms with E-state index in [2.05, 4.69) is 0 Å². The molecule has 1 rings (SSSR count). The van der Waals surface area contributed by atoms with Crippen LogP contribution in [0.4, 0.5) is 17.6 Å². The van der Waals surface area contributed by atoms with E-state index in [9.17, 15) is 17.6 Å². The van der Waals surface area contributed by atoms with Crippen molar-refractivity contribution in [2.45, 2.75) is 26.1 Å². The molecule has 0 radical (unpaired) electrons. The summed E-state index contributed by atoms with van der Waals surface area (Å²) in [6.45, 7) is 3.34. The average Bonchev–Trinajstić information content (AvgIpc) is 2.10. The Bertz CT molecular complexity index is 387. The fraction of sp³-hybridized carbons (Fsp3) is 0.400. The Morgan fingerprint density at radius 3 is 2.25 bits per heavy atom. The molecule has 0 aliphatic heterocycles. The van der Waals surface area contributed by atoms with E-state index < -0.39 is 21.1 Å². The average molecular weight is 348 g/mol. The lowest BCUT2D eigenvalue weighted by atomic mass is 10.2. The lowest BCUT2D eigenvalue weighted by molar-refractivity contribution is -0.138. The molecule has 1 nitrogen and oxygen atoms in total. The van der Waals surface area contributed by atoms with Gasteiger partial charge in [-0.05, 0) is 48.6 Å². The number of benzene rings is 1. The summed E-state index contributed by atoms with van der Waals surface area (Å²) in [6.07, 6.45) is -4.84. The lowest BCUT2D eigenvalue weighted by Crippen LogP contribution is -2.12. The fourth-order valence-corrected chi connectivity index (χ4v) is 1.85. The van der Waals surface area contributed by atoms with Gasteiger partial charge in [0.2, 0.25) is 0 Å². The van der Waals surface area contributed by atoms with Crippen molar-refractivity contribution in [1.82, 2.24) is 0 Å². The van der Waals surface area contributed by atoms with E-state index in [1.165, 1.54) is 22.6 Å². The molecule has 0 saturated carbocycles. The molecule has 0 fully saturated rings. The van der Waals surface area contributed by atoms with Crippen LogP contribution in [-0.4, -0.2) is 6.10 Å². The summed E-state index contributed by atoms with van der Waals surface area (Å²) in [5.41, 5.74) is -0.985. The molecule has 16 heavy (non-hydrogen) atoms. The number of hydrogen-bond donors (Lipinski definition) is 0. The zero-order chi connectivity index (χ0) is 12.5. The molecule has 0 aliphatic rings. The molecule has 6 heteroatoms. The van der Waals surface area contributed by atoms with E-state index in [-0.39, 0.29) is 11.9 Å². The van der Waals surface area contributed by atoms with Gasteiger partial charge < -0.3 is 4.74 Å². The predicted octanol–water partition coefficient (Wildman–Crippen LogP) is 4.24. The molecule has 0 bridgehead atoms. The van der Waals surface area contributed by atoms with Crippen molar-refractivity contribution in [1.29, 1.82) is 0 Å². The van der Waals surface area contributed by atoms with Gasteiger partial charge >= 0.3 is 6.18 Å². The highest BCUT2D eigenvalue weighted by Gasteiger charge is 2.34. The number of rotatable bonds is 2. The topological polar surface area (TPSA) is 9.23 Å². The summed E-state index contributed by atoms with van der Waals surface area (Å²) in [5.74, 6) is -1.13. The zero-order valence-corrected chi connectivity index (χ0v) is 10.7. The maximum atomic E-state index is 13.5. The van der Waals surface area contributed by atoms with E-state index in [1.807, 2.05) is 0 Å². The Morgan fingerprint density at radius 2 is 1.81 bits per heavy atom. The maximum absolute atomic E-state index is 13.5. The maximum Gasteiger partial charge on any atom is 0.417 e. The molecular weight excluding hydrogens is 339 g/mol. The van der Waals surface area contributed by atoms with Gasteiger partial charge in [-0.3, -0.25) is 0 Å². The first kappa shape index (κ1) is 13.5. The molecule has 0 N–H and O–H groups in total. The van der Waals surface area contributed by atoms with Crippen LogP contribution in [0.1, 0.15) is 19.4 Å². The highest BCUT2D eigenvalue weighted by molar-refractivity contribution is 14.1. The number of ether oxygens (including phenoxy) is 1. The van der Waals surface area contributed by atoms with Gasteiger partial charge in [0.25, 0.3) is 0 Å². The van der Waals surface area contributed by atoms with E-state index in [4.69, 9.17) is 4.74 Å². The van der Waals surface area contributed by atoms with Gasteiger partial charge in [0.1, 0.15) is 0 Å². The third-order valence-corrected chi connectivity index (χ3v) is 2.77. The molecule has 0 aromatic heterocycles. The molecule has 1 aromatic carbocycles. The van der Waals surface area contributed by atoms with Crippen LogP contribution in [0.3, 0.4) is 0 Å². The molecule has 0 spiro atoms. The van der Waals surface area contributed by atoms with Crippen molar-refractivity contribution < 1.29 is 22.3 Å². The Morgan fingerprint density at radius 1 is 1.25 bits per heavy atom. The first-order valence-electron chi connectivity index (χ1n) is 4.45. The molecule has 0 heterocycles. The largest absolute Gasteiger partial charge is 0.488 e. The standard InChI is InChI=1S/C10H9F4IO/c1-5(2)16-7-4-3-6(10(12,13)14)9(15)8(7)11/h3-5H,1-2H3. The second-order valence-corrected chi connectivity index (χ2v) is 4.48. The number of halogens is 5. The normalized spacial score (nSPS) is 12.0. The molecule has 0 amide bonds. The molecule has 0 atom stereocenters. The molecule has 1 aromatic rings. The van der Waals surface area contributed by atoms with Gasteiger partial charge in [-0.1, -0.05) is 0 Å². The Labute approximate surface area is 104 Å². The number of hydrogen-bond acceptors (Lipinski definition) is 1. The van der Waals surface area contributed by atoms with Crippen LogP contribution in [0.2, 0.25) is 0 Å². The summed E-state index contributed by atoms with van der Waals surface area (Å²) in [6, 6.07) is 1.82. The summed E-state index contributed by atoms with van der Waals surface area (Å²) < 4.78 is 55.3. The first-order valence-corrected chi connectivity index (χ1v) is 5.53. The van der Waals surface area contributed by atoms with Crippen LogP contribution in [0, 0.1) is 9.39 Å². The highest BCUT2D eigenvalue weighted by Crippen LogP contribution is 2.36. The van der Waals surface area contributed by atoms with Crippen LogP contribution >= 0.6 is 22.6 Å². The van der Waals surface area contributed by atoms with E-state index in [0.29, 0.717) is 0 Å². The first-order chi connectivity index (χ1) is 7.23. The zero-order valence-electron chi connectivity index (χ0n) is 8.53. The minimum atomic E-state index is -4.55. The Balaban J connectivity index is 3.19. The van der Waals surface area contributed by atoms with Gasteiger partial charge in [0, 0.05) is 0 Å². The van der Waals surface area contributed by atoms with Crippen LogP contribution in [0.15, 0.2) is 12.1 Å². The summed E-state index contributed by atoms with van der Waals surface area (Å²) in [5, 5.41) is 0. The van der Waals surface area contributed by atoms with E-state index in [0.717, 1.165) is 12.1 Å². The minimum absolute atomic E-state index is 0.160. The summed E-state index contributed by atoms with van der Waals surface area (Å²) in [7, 11) is 0. The van der Waals surface area contributed by atoms with Crippen LogP contribution in [0.5, 0.6) is 5.75 Å². The second-order valence-electron chi connectivity index (χ2n) is 3.40. The van der Waals surface area contributed by atoms with Crippen molar-refractivity contribution in [3.05, 3.63) is 27.1 Å². The number of alkyl halides is 3. The summed E-state index contributed by atoms with van der Waals surface area (Å²) in [4.78, 5) is 0. The summed E-state index contributed by atoms with van der Waals surface area (Å²) >= 11 is 1.33. The third-order valence-electron chi connectivity index (χ3n) is 1.71. The molecule has 0 saturated heterocycles. The molecule has 0 aliphatic carbocycles. The van der Waals surface area contributed by atoms with Gasteiger partial charge in [-0.2, -0.15) is 13.2 Å². The van der Waals surface area contributed by atoms with Crippen LogP contribution in [0.25, 0.3) is 0 Å². The molecular formula is C10H9F4IO. The van der Waals surface area contributed by atoms with Crippen molar-refractivity contribution >= 4 is 22.6 Å². The molecule has 0 unspecified atom stereocenters. The minimum Gasteiger partial charge on any atom is -0.488 e. The van der Waals surface area contributed by atoms with Crippen molar-refractivity contribution in [2.24, 2.45) is 0 Å². The lowest BCUT2D eigenvalue weighted by Gasteiger charge is -2.14. The van der Waals surface area contributed by atoms with Crippen molar-refractivity contribution in [3.63, 3.8) is 0 Å². The quantitative estimate of drug-likeness (QED) is 0.574. The monoisotopic (exact) mass is 348 g/mol. The smallest absolute Gasteiger partial charge is 0.417 e. The van der Waals surface area contributed by atoms with E-state index in [1.54, 1.807) is 13.8 Å². The highest BCUT2D eigenvalue weighted by atomic mass is 127. The SMILES string of the molecule is CC(C)Oc1ccc(C(F)(F)F)c(I)c1F. The Kier molecular flexibility index (Phi) is 4.03. The fourth-order valence-electron chi connectivity index (χ4n) is 1.10. The van der Waals surface area contributed by atoms with Crippen molar-refractivity contribution in [2.75, 3.05) is 0 Å². The predicted molar refractivity (Wildman–Crippen MR) is 59.9 cm³/mol. The van der Waals surface area contributed by atoms with Gasteiger partial charge in [0.05, 0.1) is 15.2 Å². The van der Waals surface area contributed by atoms with Gasteiger partial charge in [-0.15, -0.1) is 0 Å². The van der Waals surface area contributed by atoms with Gasteiger partial charge in [0.15, 0.2) is 11.6 Å². The second kappa shape index (κ2) is 4.77. The third kappa shape index (κ3) is 2.99. The van der Waals surface area contributed by atoms with Crippen LogP contribution < -0.4 is 4.74 Å². The van der Waals surface area contributed by atoms with Gasteiger partial charge in [-0.25, -0.2) is 4.39 Å². The van der Waals surface area contributed by atoms with Crippen LogP contribution in [-0.2, 0) is 6.18 Å². The van der Waals surface area contributed by atoms with E-state index >= 15 is 0 Å².